The van der Waals surface area contributed by atoms with E-state index in [2.05, 4.69) is 15.0 Å². The highest BCUT2D eigenvalue weighted by Gasteiger charge is 2.28. The monoisotopic (exact) mass is 393 g/mol. The van der Waals surface area contributed by atoms with Gasteiger partial charge in [0.1, 0.15) is 5.90 Å². The van der Waals surface area contributed by atoms with E-state index >= 15 is 0 Å². The highest BCUT2D eigenvalue weighted by Crippen LogP contribution is 2.54. The lowest BCUT2D eigenvalue weighted by atomic mass is 10.2. The smallest absolute Gasteiger partial charge is 0.335 e. The summed E-state index contributed by atoms with van der Waals surface area (Å²) in [7, 11) is -8.28. The SMILES string of the molecule is Nc1nc2ncn(CCCCCCP(=O)(O)CP(=O)(O)O)c2c(=O)[nH]1. The molecule has 0 spiro atoms. The quantitative estimate of drug-likeness (QED) is 0.302. The number of rotatable bonds is 9. The molecule has 0 radical (unpaired) electrons. The molecule has 0 aliphatic carbocycles. The number of aromatic nitrogens is 4. The van der Waals surface area contributed by atoms with Crippen LogP contribution in [-0.2, 0) is 15.7 Å². The molecule has 0 bridgehead atoms. The molecule has 11 nitrogen and oxygen atoms in total. The maximum atomic E-state index is 11.9. The fourth-order valence-corrected chi connectivity index (χ4v) is 6.11. The third-order valence-electron chi connectivity index (χ3n) is 3.56. The first-order valence-corrected chi connectivity index (χ1v) is 11.5. The lowest BCUT2D eigenvalue weighted by molar-refractivity contribution is 0.375. The van der Waals surface area contributed by atoms with E-state index in [0.717, 1.165) is 6.42 Å². The number of nitrogen functional groups attached to an aromatic ring is 1. The van der Waals surface area contributed by atoms with Crippen LogP contribution in [0.25, 0.3) is 11.2 Å². The molecular weight excluding hydrogens is 372 g/mol. The van der Waals surface area contributed by atoms with E-state index in [0.29, 0.717) is 31.3 Å². The molecule has 13 heteroatoms. The molecule has 2 aromatic rings. The van der Waals surface area contributed by atoms with Crippen LogP contribution in [-0.4, -0.2) is 46.3 Å². The van der Waals surface area contributed by atoms with Crippen molar-refractivity contribution in [3.63, 3.8) is 0 Å². The number of nitrogens with one attached hydrogen (secondary N) is 1. The third-order valence-corrected chi connectivity index (χ3v) is 7.82. The zero-order valence-electron chi connectivity index (χ0n) is 13.4. The van der Waals surface area contributed by atoms with Gasteiger partial charge in [-0.05, 0) is 12.8 Å². The van der Waals surface area contributed by atoms with Gasteiger partial charge >= 0.3 is 7.60 Å². The second-order valence-electron chi connectivity index (χ2n) is 5.85. The Balaban J connectivity index is 1.78. The summed E-state index contributed by atoms with van der Waals surface area (Å²) in [5, 5.41) is 0. The van der Waals surface area contributed by atoms with Gasteiger partial charge in [-0.25, -0.2) is 4.98 Å². The van der Waals surface area contributed by atoms with E-state index in [9.17, 15) is 18.8 Å². The molecule has 25 heavy (non-hydrogen) atoms. The average Bonchev–Trinajstić information content (AvgIpc) is 2.83. The Hall–Kier alpha value is -1.51. The number of anilines is 1. The number of hydrogen-bond donors (Lipinski definition) is 5. The van der Waals surface area contributed by atoms with E-state index in [1.807, 2.05) is 0 Å². The van der Waals surface area contributed by atoms with Crippen LogP contribution < -0.4 is 11.3 Å². The first-order valence-electron chi connectivity index (χ1n) is 7.63. The van der Waals surface area contributed by atoms with Crippen LogP contribution in [0.2, 0.25) is 0 Å². The molecular formula is C12H21N5O6P2. The standard InChI is InChI=1S/C12H21N5O6P2/c13-12-15-10-9(11(18)16-12)17(7-14-10)5-3-1-2-4-6-24(19,20)8-25(21,22)23/h7H,1-6,8H2,(H,19,20)(H2,21,22,23)(H3,13,15,16,18). The van der Waals surface area contributed by atoms with E-state index < -0.39 is 20.9 Å². The Morgan fingerprint density at radius 2 is 1.84 bits per heavy atom. The summed E-state index contributed by atoms with van der Waals surface area (Å²) in [4.78, 5) is 49.3. The highest BCUT2D eigenvalue weighted by atomic mass is 31.2. The molecule has 140 valence electrons. The number of hydrogen-bond acceptors (Lipinski definition) is 6. The second-order valence-corrected chi connectivity index (χ2v) is 10.5. The number of unbranched alkanes of at least 4 members (excludes halogenated alkanes) is 3. The zero-order valence-corrected chi connectivity index (χ0v) is 15.2. The number of H-pyrrole nitrogens is 1. The maximum absolute atomic E-state index is 11.9. The molecule has 2 heterocycles. The molecule has 0 saturated heterocycles. The number of nitrogens with two attached hydrogens (primary N) is 1. The van der Waals surface area contributed by atoms with E-state index in [1.54, 1.807) is 4.57 Å². The fraction of sp³-hybridized carbons (Fsp3) is 0.583. The van der Waals surface area contributed by atoms with Crippen molar-refractivity contribution >= 4 is 32.1 Å². The van der Waals surface area contributed by atoms with Crippen molar-refractivity contribution in [2.75, 3.05) is 17.8 Å². The van der Waals surface area contributed by atoms with Gasteiger partial charge in [-0.1, -0.05) is 12.8 Å². The first kappa shape index (κ1) is 19.8. The summed E-state index contributed by atoms with van der Waals surface area (Å²) in [6, 6.07) is 0. The number of imidazole rings is 1. The molecule has 1 unspecified atom stereocenters. The van der Waals surface area contributed by atoms with Crippen molar-refractivity contribution in [3.8, 4) is 0 Å². The van der Waals surface area contributed by atoms with Gasteiger partial charge in [0, 0.05) is 12.7 Å². The van der Waals surface area contributed by atoms with Gasteiger partial charge in [0.15, 0.2) is 11.2 Å². The Labute approximate surface area is 142 Å². The van der Waals surface area contributed by atoms with E-state index in [4.69, 9.17) is 15.5 Å². The molecule has 2 rings (SSSR count). The summed E-state index contributed by atoms with van der Waals surface area (Å²) < 4.78 is 24.1. The van der Waals surface area contributed by atoms with Gasteiger partial charge in [-0.15, -0.1) is 0 Å². The van der Waals surface area contributed by atoms with Crippen molar-refractivity contribution < 1.29 is 23.8 Å². The molecule has 0 aliphatic rings. The second kappa shape index (κ2) is 7.80. The average molecular weight is 393 g/mol. The number of nitrogens with zero attached hydrogens (tertiary/aromatic N) is 3. The molecule has 1 atom stereocenters. The minimum Gasteiger partial charge on any atom is -0.369 e. The normalized spacial score (nSPS) is 14.7. The largest absolute Gasteiger partial charge is 0.369 e. The van der Waals surface area contributed by atoms with Crippen LogP contribution in [0, 0.1) is 0 Å². The van der Waals surface area contributed by atoms with Crippen molar-refractivity contribution in [1.82, 2.24) is 19.5 Å². The van der Waals surface area contributed by atoms with Crippen LogP contribution >= 0.6 is 15.0 Å². The molecule has 0 aromatic carbocycles. The Kier molecular flexibility index (Phi) is 6.18. The summed E-state index contributed by atoms with van der Waals surface area (Å²) in [5.74, 6) is -0.966. The van der Waals surface area contributed by atoms with Crippen LogP contribution in [0.4, 0.5) is 5.95 Å². The molecule has 2 aromatic heterocycles. The molecule has 6 N–H and O–H groups in total. The predicted molar refractivity (Wildman–Crippen MR) is 92.6 cm³/mol. The summed E-state index contributed by atoms with van der Waals surface area (Å²) in [5.41, 5.74) is 5.71. The van der Waals surface area contributed by atoms with Crippen molar-refractivity contribution in [2.24, 2.45) is 0 Å². The van der Waals surface area contributed by atoms with Crippen LogP contribution in [0.3, 0.4) is 0 Å². The van der Waals surface area contributed by atoms with Gasteiger partial charge in [0.05, 0.1) is 6.33 Å². The van der Waals surface area contributed by atoms with Gasteiger partial charge in [-0.2, -0.15) is 4.98 Å². The Morgan fingerprint density at radius 3 is 2.52 bits per heavy atom. The van der Waals surface area contributed by atoms with Crippen LogP contribution in [0.5, 0.6) is 0 Å². The minimum absolute atomic E-state index is 0.00601. The molecule has 0 fully saturated rings. The fourth-order valence-electron chi connectivity index (χ4n) is 2.53. The number of aryl methyl sites for hydroxylation is 1. The maximum Gasteiger partial charge on any atom is 0.335 e. The first-order chi connectivity index (χ1) is 11.6. The van der Waals surface area contributed by atoms with Gasteiger partial charge in [0.2, 0.25) is 13.3 Å². The Morgan fingerprint density at radius 1 is 1.16 bits per heavy atom. The molecule has 0 saturated carbocycles. The lowest BCUT2D eigenvalue weighted by Crippen LogP contribution is -2.14. The van der Waals surface area contributed by atoms with Crippen molar-refractivity contribution in [1.29, 1.82) is 0 Å². The third kappa shape index (κ3) is 6.05. The van der Waals surface area contributed by atoms with E-state index in [-0.39, 0.29) is 23.3 Å². The zero-order chi connectivity index (χ0) is 18.7. The lowest BCUT2D eigenvalue weighted by Gasteiger charge is -2.12. The van der Waals surface area contributed by atoms with Gasteiger partial charge in [0.25, 0.3) is 5.56 Å². The van der Waals surface area contributed by atoms with Crippen LogP contribution in [0.1, 0.15) is 25.7 Å². The topological polar surface area (TPSA) is 184 Å². The molecule has 0 aliphatic heterocycles. The van der Waals surface area contributed by atoms with Crippen molar-refractivity contribution in [3.05, 3.63) is 16.7 Å². The number of aromatic amines is 1. The van der Waals surface area contributed by atoms with Gasteiger partial charge < -0.3 is 25.0 Å². The summed E-state index contributed by atoms with van der Waals surface area (Å²) >= 11 is 0. The van der Waals surface area contributed by atoms with Crippen molar-refractivity contribution in [2.45, 2.75) is 32.2 Å². The predicted octanol–water partition coefficient (Wildman–Crippen LogP) is 0.668. The highest BCUT2D eigenvalue weighted by molar-refractivity contribution is 7.72. The summed E-state index contributed by atoms with van der Waals surface area (Å²) in [6.07, 6.45) is 3.87. The minimum atomic E-state index is -4.48. The number of fused-ring (bicyclic) bond motifs is 1. The van der Waals surface area contributed by atoms with Crippen LogP contribution in [0.15, 0.2) is 11.1 Å². The Bertz CT molecular complexity index is 888. The van der Waals surface area contributed by atoms with Gasteiger partial charge in [-0.3, -0.25) is 18.9 Å². The molecule has 0 amide bonds. The van der Waals surface area contributed by atoms with E-state index in [1.165, 1.54) is 6.33 Å². The summed E-state index contributed by atoms with van der Waals surface area (Å²) in [6.45, 7) is 0.532.